The van der Waals surface area contributed by atoms with Gasteiger partial charge in [-0.15, -0.1) is 11.8 Å². The van der Waals surface area contributed by atoms with Gasteiger partial charge in [-0.05, 0) is 27.3 Å². The molecule has 0 aliphatic rings. The third-order valence-corrected chi connectivity index (χ3v) is 2.27. The van der Waals surface area contributed by atoms with Crippen LogP contribution in [0.5, 0.6) is 0 Å². The SMILES string of the molecule is CC#CCC(NC)C(CCC)OCC. The van der Waals surface area contributed by atoms with Crippen molar-refractivity contribution < 1.29 is 4.74 Å². The van der Waals surface area contributed by atoms with Gasteiger partial charge < -0.3 is 10.1 Å². The van der Waals surface area contributed by atoms with Crippen LogP contribution in [0.4, 0.5) is 0 Å². The van der Waals surface area contributed by atoms with Crippen LogP contribution in [0.2, 0.25) is 0 Å². The first-order valence-electron chi connectivity index (χ1n) is 5.48. The van der Waals surface area contributed by atoms with E-state index in [2.05, 4.69) is 24.1 Å². The lowest BCUT2D eigenvalue weighted by Crippen LogP contribution is -2.39. The van der Waals surface area contributed by atoms with Crippen LogP contribution in [0.3, 0.4) is 0 Å². The smallest absolute Gasteiger partial charge is 0.0737 e. The topological polar surface area (TPSA) is 21.3 Å². The molecule has 0 radical (unpaired) electrons. The average Bonchev–Trinajstić information content (AvgIpc) is 2.19. The summed E-state index contributed by atoms with van der Waals surface area (Å²) >= 11 is 0. The second-order valence-corrected chi connectivity index (χ2v) is 3.31. The fourth-order valence-electron chi connectivity index (χ4n) is 1.53. The van der Waals surface area contributed by atoms with Crippen LogP contribution in [-0.2, 0) is 4.74 Å². The molecule has 0 aromatic heterocycles. The lowest BCUT2D eigenvalue weighted by Gasteiger charge is -2.24. The van der Waals surface area contributed by atoms with Crippen LogP contribution >= 0.6 is 0 Å². The third kappa shape index (κ3) is 5.26. The fourth-order valence-corrected chi connectivity index (χ4v) is 1.53. The van der Waals surface area contributed by atoms with Crippen molar-refractivity contribution in [2.24, 2.45) is 0 Å². The van der Waals surface area contributed by atoms with Gasteiger partial charge in [0.25, 0.3) is 0 Å². The Morgan fingerprint density at radius 3 is 2.50 bits per heavy atom. The number of nitrogens with one attached hydrogen (secondary N) is 1. The molecule has 0 saturated carbocycles. The van der Waals surface area contributed by atoms with E-state index < -0.39 is 0 Å². The number of hydrogen-bond acceptors (Lipinski definition) is 2. The lowest BCUT2D eigenvalue weighted by molar-refractivity contribution is 0.0312. The molecule has 0 spiro atoms. The highest BCUT2D eigenvalue weighted by atomic mass is 16.5. The van der Waals surface area contributed by atoms with E-state index in [9.17, 15) is 0 Å². The molecule has 2 atom stereocenters. The number of likely N-dealkylation sites (N-methyl/N-ethyl adjacent to an activating group) is 1. The molecule has 0 aliphatic heterocycles. The minimum atomic E-state index is 0.302. The van der Waals surface area contributed by atoms with E-state index in [1.54, 1.807) is 0 Å². The summed E-state index contributed by atoms with van der Waals surface area (Å²) in [6.07, 6.45) is 3.43. The molecule has 1 N–H and O–H groups in total. The molecule has 2 nitrogen and oxygen atoms in total. The molecule has 0 saturated heterocycles. The Balaban J connectivity index is 4.14. The van der Waals surface area contributed by atoms with E-state index in [4.69, 9.17) is 4.74 Å². The van der Waals surface area contributed by atoms with Gasteiger partial charge in [-0.1, -0.05) is 13.3 Å². The molecule has 0 rings (SSSR count). The van der Waals surface area contributed by atoms with Gasteiger partial charge in [-0.25, -0.2) is 0 Å². The summed E-state index contributed by atoms with van der Waals surface area (Å²) in [6.45, 7) is 6.88. The summed E-state index contributed by atoms with van der Waals surface area (Å²) in [5.41, 5.74) is 0. The van der Waals surface area contributed by atoms with Crippen molar-refractivity contribution in [3.63, 3.8) is 0 Å². The minimum absolute atomic E-state index is 0.302. The predicted molar refractivity (Wildman–Crippen MR) is 61.2 cm³/mol. The maximum Gasteiger partial charge on any atom is 0.0737 e. The van der Waals surface area contributed by atoms with Gasteiger partial charge in [-0.3, -0.25) is 0 Å². The molecule has 2 heteroatoms. The second kappa shape index (κ2) is 9.05. The summed E-state index contributed by atoms with van der Waals surface area (Å²) in [6, 6.07) is 0.363. The summed E-state index contributed by atoms with van der Waals surface area (Å²) in [4.78, 5) is 0. The molecular formula is C12H23NO. The maximum absolute atomic E-state index is 5.70. The van der Waals surface area contributed by atoms with Crippen molar-refractivity contribution in [2.45, 2.75) is 52.2 Å². The summed E-state index contributed by atoms with van der Waals surface area (Å²) < 4.78 is 5.70. The first-order valence-corrected chi connectivity index (χ1v) is 5.48. The zero-order valence-corrected chi connectivity index (χ0v) is 9.89. The van der Waals surface area contributed by atoms with Crippen LogP contribution < -0.4 is 5.32 Å². The van der Waals surface area contributed by atoms with Crippen molar-refractivity contribution in [3.8, 4) is 11.8 Å². The molecular weight excluding hydrogens is 174 g/mol. The van der Waals surface area contributed by atoms with E-state index in [-0.39, 0.29) is 0 Å². The summed E-state index contributed by atoms with van der Waals surface area (Å²) in [5, 5.41) is 3.28. The van der Waals surface area contributed by atoms with Gasteiger partial charge in [0.2, 0.25) is 0 Å². The molecule has 2 unspecified atom stereocenters. The van der Waals surface area contributed by atoms with Crippen molar-refractivity contribution >= 4 is 0 Å². The standard InChI is InChI=1S/C12H23NO/c1-5-8-10-11(13-4)12(9-6-2)14-7-3/h11-13H,6-7,9-10H2,1-4H3. The van der Waals surface area contributed by atoms with Crippen molar-refractivity contribution in [2.75, 3.05) is 13.7 Å². The maximum atomic E-state index is 5.70. The summed E-state index contributed by atoms with van der Waals surface area (Å²) in [7, 11) is 1.98. The van der Waals surface area contributed by atoms with Gasteiger partial charge in [0.05, 0.1) is 6.10 Å². The van der Waals surface area contributed by atoms with E-state index in [1.165, 1.54) is 0 Å². The Morgan fingerprint density at radius 1 is 1.36 bits per heavy atom. The first-order chi connectivity index (χ1) is 6.79. The Bertz CT molecular complexity index is 174. The normalized spacial score (nSPS) is 14.3. The lowest BCUT2D eigenvalue weighted by atomic mass is 10.0. The Hall–Kier alpha value is -0.520. The molecule has 14 heavy (non-hydrogen) atoms. The Kier molecular flexibility index (Phi) is 8.72. The Morgan fingerprint density at radius 2 is 2.07 bits per heavy atom. The van der Waals surface area contributed by atoms with Crippen molar-refractivity contribution in [1.82, 2.24) is 5.32 Å². The van der Waals surface area contributed by atoms with Crippen LogP contribution in [0, 0.1) is 11.8 Å². The second-order valence-electron chi connectivity index (χ2n) is 3.31. The monoisotopic (exact) mass is 197 g/mol. The van der Waals surface area contributed by atoms with Gasteiger partial charge in [0, 0.05) is 19.1 Å². The number of hydrogen-bond donors (Lipinski definition) is 1. The molecule has 0 aromatic carbocycles. The average molecular weight is 197 g/mol. The van der Waals surface area contributed by atoms with E-state index in [0.717, 1.165) is 25.9 Å². The van der Waals surface area contributed by atoms with Crippen LogP contribution in [0.15, 0.2) is 0 Å². The van der Waals surface area contributed by atoms with Gasteiger partial charge in [0.15, 0.2) is 0 Å². The summed E-state index contributed by atoms with van der Waals surface area (Å²) in [5.74, 6) is 6.03. The zero-order valence-electron chi connectivity index (χ0n) is 9.89. The van der Waals surface area contributed by atoms with E-state index in [0.29, 0.717) is 12.1 Å². The van der Waals surface area contributed by atoms with E-state index >= 15 is 0 Å². The largest absolute Gasteiger partial charge is 0.377 e. The Labute approximate surface area is 88.4 Å². The minimum Gasteiger partial charge on any atom is -0.377 e. The highest BCUT2D eigenvalue weighted by molar-refractivity contribution is 4.99. The number of ether oxygens (including phenoxy) is 1. The van der Waals surface area contributed by atoms with Gasteiger partial charge >= 0.3 is 0 Å². The first kappa shape index (κ1) is 13.5. The molecule has 82 valence electrons. The molecule has 0 aliphatic carbocycles. The third-order valence-electron chi connectivity index (χ3n) is 2.27. The van der Waals surface area contributed by atoms with Gasteiger partial charge in [0.1, 0.15) is 0 Å². The van der Waals surface area contributed by atoms with Crippen molar-refractivity contribution in [3.05, 3.63) is 0 Å². The molecule has 0 fully saturated rings. The molecule has 0 bridgehead atoms. The molecule has 0 heterocycles. The van der Waals surface area contributed by atoms with Gasteiger partial charge in [-0.2, -0.15) is 0 Å². The highest BCUT2D eigenvalue weighted by Gasteiger charge is 2.18. The molecule has 0 amide bonds. The highest BCUT2D eigenvalue weighted by Crippen LogP contribution is 2.09. The predicted octanol–water partition coefficient (Wildman–Crippen LogP) is 2.19. The fraction of sp³-hybridized carbons (Fsp3) is 0.833. The van der Waals surface area contributed by atoms with Crippen LogP contribution in [0.1, 0.15) is 40.0 Å². The van der Waals surface area contributed by atoms with Crippen molar-refractivity contribution in [1.29, 1.82) is 0 Å². The zero-order chi connectivity index (χ0) is 10.8. The quantitative estimate of drug-likeness (QED) is 0.632. The van der Waals surface area contributed by atoms with Crippen LogP contribution in [0.25, 0.3) is 0 Å². The van der Waals surface area contributed by atoms with Crippen LogP contribution in [-0.4, -0.2) is 25.8 Å². The van der Waals surface area contributed by atoms with E-state index in [1.807, 2.05) is 20.9 Å². The molecule has 0 aromatic rings. The number of rotatable bonds is 7.